The number of aliphatic hydroxyl groups is 7. The predicted molar refractivity (Wildman–Crippen MR) is 302 cm³/mol. The van der Waals surface area contributed by atoms with E-state index in [2.05, 4.69) is 67.8 Å². The highest BCUT2D eigenvalue weighted by atomic mass is 16.7. The Hall–Kier alpha value is -1.93. The van der Waals surface area contributed by atoms with Crippen LogP contribution in [-0.2, 0) is 14.3 Å². The maximum absolute atomic E-state index is 13.2. The van der Waals surface area contributed by atoms with Crippen molar-refractivity contribution in [2.75, 3.05) is 13.2 Å². The number of ether oxygens (including phenoxy) is 2. The van der Waals surface area contributed by atoms with Gasteiger partial charge in [0.05, 0.1) is 25.4 Å². The minimum atomic E-state index is -1.67. The van der Waals surface area contributed by atoms with E-state index in [1.54, 1.807) is 0 Å². The average molecular weight is 1030 g/mol. The van der Waals surface area contributed by atoms with Gasteiger partial charge >= 0.3 is 0 Å². The second-order valence-electron chi connectivity index (χ2n) is 21.4. The fourth-order valence-electron chi connectivity index (χ4n) is 9.61. The monoisotopic (exact) mass is 1030 g/mol. The molecule has 1 aliphatic heterocycles. The molecule has 8 N–H and O–H groups in total. The van der Waals surface area contributed by atoms with Crippen molar-refractivity contribution in [2.24, 2.45) is 0 Å². The van der Waals surface area contributed by atoms with Gasteiger partial charge in [0.2, 0.25) is 5.91 Å². The number of hydrogen-bond donors (Lipinski definition) is 8. The van der Waals surface area contributed by atoms with Gasteiger partial charge in [-0.3, -0.25) is 4.79 Å². The van der Waals surface area contributed by atoms with Gasteiger partial charge in [-0.05, 0) is 83.5 Å². The van der Waals surface area contributed by atoms with Crippen molar-refractivity contribution >= 4 is 5.91 Å². The summed E-state index contributed by atoms with van der Waals surface area (Å²) in [7, 11) is 0. The second kappa shape index (κ2) is 50.9. The minimum Gasteiger partial charge on any atom is -0.394 e. The number of carbonyl (C=O) groups excluding carboxylic acids is 1. The van der Waals surface area contributed by atoms with Crippen LogP contribution >= 0.6 is 0 Å². The number of nitrogens with one attached hydrogen (secondary N) is 1. The molecule has 1 rings (SSSR count). The molecule has 0 bridgehead atoms. The molecule has 9 atom stereocenters. The lowest BCUT2D eigenvalue weighted by atomic mass is 9.98. The Balaban J connectivity index is 2.29. The van der Waals surface area contributed by atoms with Gasteiger partial charge in [0.15, 0.2) is 6.29 Å². The van der Waals surface area contributed by atoms with E-state index in [-0.39, 0.29) is 12.8 Å². The van der Waals surface area contributed by atoms with Gasteiger partial charge < -0.3 is 50.5 Å². The van der Waals surface area contributed by atoms with Crippen molar-refractivity contribution in [2.45, 2.75) is 326 Å². The summed E-state index contributed by atoms with van der Waals surface area (Å²) in [5.74, 6) is -0.710. The van der Waals surface area contributed by atoms with E-state index >= 15 is 0 Å². The molecule has 1 saturated heterocycles. The first kappa shape index (κ1) is 69.1. The summed E-state index contributed by atoms with van der Waals surface area (Å²) < 4.78 is 11.1. The van der Waals surface area contributed by atoms with E-state index in [1.807, 2.05) is 0 Å². The number of allylic oxidation sites excluding steroid dienone is 8. The van der Waals surface area contributed by atoms with Gasteiger partial charge in [-0.15, -0.1) is 0 Å². The Morgan fingerprint density at radius 3 is 1.30 bits per heavy atom. The largest absolute Gasteiger partial charge is 0.394 e. The SMILES string of the molecule is CCCCCCCCCCC/C=C\C/C=C\CCCCCCCCCCCCCCC(O)C(=O)NC(COC1OC(CO)C(O)C(O)C1O)C(O)C(O)CCC/C=C/CC/C=C/CCCCCCCCCCC. The standard InChI is InChI=1S/C62H115NO10/c1-3-5-7-9-11-13-15-17-19-21-23-24-25-26-27-28-29-30-31-32-34-36-38-40-42-44-46-48-50-55(66)61(71)63-53(52-72-62-60(70)59(69)58(68)56(51-64)73-62)57(67)54(65)49-47-45-43-41-39-37-35-33-22-20-18-16-14-12-10-8-6-4-2/h23-24,26-27,33,35,41,43,53-60,62,64-70H,3-22,25,28-32,34,36-40,42,44-52H2,1-2H3,(H,63,71)/b24-23-,27-26-,35-33+,43-41+. The van der Waals surface area contributed by atoms with Crippen LogP contribution in [0.1, 0.15) is 271 Å². The summed E-state index contributed by atoms with van der Waals surface area (Å²) in [6.45, 7) is 3.45. The molecule has 428 valence electrons. The average Bonchev–Trinajstić information content (AvgIpc) is 3.39. The molecule has 0 aromatic carbocycles. The Bertz CT molecular complexity index is 1320. The van der Waals surface area contributed by atoms with E-state index in [9.17, 15) is 40.5 Å². The summed E-state index contributed by atoms with van der Waals surface area (Å²) in [6.07, 6.45) is 53.1. The number of hydrogen-bond acceptors (Lipinski definition) is 10. The van der Waals surface area contributed by atoms with Crippen molar-refractivity contribution in [1.82, 2.24) is 5.32 Å². The van der Waals surface area contributed by atoms with E-state index in [0.29, 0.717) is 19.3 Å². The molecule has 9 unspecified atom stereocenters. The quantitative estimate of drug-likeness (QED) is 0.0215. The zero-order valence-corrected chi connectivity index (χ0v) is 46.9. The number of rotatable bonds is 52. The van der Waals surface area contributed by atoms with Gasteiger partial charge in [-0.1, -0.05) is 236 Å². The lowest BCUT2D eigenvalue weighted by Gasteiger charge is -2.40. The number of aliphatic hydroxyl groups excluding tert-OH is 7. The number of unbranched alkanes of at least 4 members (excludes halogenated alkanes) is 32. The smallest absolute Gasteiger partial charge is 0.249 e. The molecule has 1 fully saturated rings. The van der Waals surface area contributed by atoms with Crippen LogP contribution in [0.25, 0.3) is 0 Å². The third-order valence-corrected chi connectivity index (χ3v) is 14.6. The number of amides is 1. The Morgan fingerprint density at radius 1 is 0.479 bits per heavy atom. The zero-order chi connectivity index (χ0) is 53.3. The molecule has 0 spiro atoms. The van der Waals surface area contributed by atoms with Crippen LogP contribution in [0.3, 0.4) is 0 Å². The molecular weight excluding hydrogens is 919 g/mol. The topological polar surface area (TPSA) is 189 Å². The van der Waals surface area contributed by atoms with Crippen LogP contribution in [-0.4, -0.2) is 110 Å². The maximum Gasteiger partial charge on any atom is 0.249 e. The van der Waals surface area contributed by atoms with Crippen molar-refractivity contribution < 1.29 is 50.0 Å². The van der Waals surface area contributed by atoms with E-state index in [4.69, 9.17) is 9.47 Å². The highest BCUT2D eigenvalue weighted by Crippen LogP contribution is 2.23. The summed E-state index contributed by atoms with van der Waals surface area (Å²) in [4.78, 5) is 13.2. The highest BCUT2D eigenvalue weighted by molar-refractivity contribution is 5.80. The minimum absolute atomic E-state index is 0.245. The summed E-state index contributed by atoms with van der Waals surface area (Å²) in [6, 6.07) is -1.19. The van der Waals surface area contributed by atoms with E-state index < -0.39 is 74.2 Å². The molecule has 73 heavy (non-hydrogen) atoms. The summed E-state index contributed by atoms with van der Waals surface area (Å²) in [5, 5.41) is 76.2. The maximum atomic E-state index is 13.2. The van der Waals surface area contributed by atoms with Crippen LogP contribution < -0.4 is 5.32 Å². The normalized spacial score (nSPS) is 20.3. The van der Waals surface area contributed by atoms with E-state index in [0.717, 1.165) is 44.9 Å². The molecule has 11 nitrogen and oxygen atoms in total. The van der Waals surface area contributed by atoms with Gasteiger partial charge in [0, 0.05) is 0 Å². The van der Waals surface area contributed by atoms with Crippen molar-refractivity contribution in [3.63, 3.8) is 0 Å². The van der Waals surface area contributed by atoms with Gasteiger partial charge in [0.1, 0.15) is 36.6 Å². The first-order chi connectivity index (χ1) is 35.7. The molecule has 0 radical (unpaired) electrons. The fraction of sp³-hybridized carbons (Fsp3) is 0.855. The van der Waals surface area contributed by atoms with Crippen molar-refractivity contribution in [1.29, 1.82) is 0 Å². The van der Waals surface area contributed by atoms with Crippen molar-refractivity contribution in [3.05, 3.63) is 48.6 Å². The van der Waals surface area contributed by atoms with Crippen molar-refractivity contribution in [3.8, 4) is 0 Å². The fourth-order valence-corrected chi connectivity index (χ4v) is 9.61. The second-order valence-corrected chi connectivity index (χ2v) is 21.4. The van der Waals surface area contributed by atoms with Gasteiger partial charge in [-0.2, -0.15) is 0 Å². The van der Waals surface area contributed by atoms with Crippen LogP contribution in [0, 0.1) is 0 Å². The molecule has 0 saturated carbocycles. The molecule has 0 aromatic rings. The Kier molecular flexibility index (Phi) is 48.1. The molecular formula is C62H115NO10. The molecule has 0 aromatic heterocycles. The van der Waals surface area contributed by atoms with E-state index in [1.165, 1.54) is 180 Å². The highest BCUT2D eigenvalue weighted by Gasteiger charge is 2.44. The molecule has 1 heterocycles. The van der Waals surface area contributed by atoms with Crippen LogP contribution in [0.5, 0.6) is 0 Å². The first-order valence-corrected chi connectivity index (χ1v) is 30.5. The molecule has 1 aliphatic rings. The number of carbonyl (C=O) groups is 1. The zero-order valence-electron chi connectivity index (χ0n) is 46.9. The van der Waals surface area contributed by atoms with Crippen LogP contribution in [0.15, 0.2) is 48.6 Å². The lowest BCUT2D eigenvalue weighted by Crippen LogP contribution is -2.60. The van der Waals surface area contributed by atoms with Gasteiger partial charge in [0.25, 0.3) is 0 Å². The van der Waals surface area contributed by atoms with Crippen LogP contribution in [0.2, 0.25) is 0 Å². The third kappa shape index (κ3) is 39.1. The lowest BCUT2D eigenvalue weighted by molar-refractivity contribution is -0.303. The van der Waals surface area contributed by atoms with Gasteiger partial charge in [-0.25, -0.2) is 0 Å². The summed E-state index contributed by atoms with van der Waals surface area (Å²) in [5.41, 5.74) is 0. The molecule has 11 heteroatoms. The Labute approximate surface area is 447 Å². The Morgan fingerprint density at radius 2 is 0.863 bits per heavy atom. The first-order valence-electron chi connectivity index (χ1n) is 30.5. The molecule has 1 amide bonds. The van der Waals surface area contributed by atoms with Crippen LogP contribution in [0.4, 0.5) is 0 Å². The third-order valence-electron chi connectivity index (χ3n) is 14.6. The summed E-state index contributed by atoms with van der Waals surface area (Å²) >= 11 is 0. The predicted octanol–water partition coefficient (Wildman–Crippen LogP) is 13.2. The molecule has 0 aliphatic carbocycles.